The molecule has 1 saturated heterocycles. The normalized spacial score (nSPS) is 23.2. The molecule has 1 aromatic rings. The third-order valence-electron chi connectivity index (χ3n) is 5.31. The van der Waals surface area contributed by atoms with Gasteiger partial charge in [0.15, 0.2) is 0 Å². The molecule has 1 aromatic heterocycles. The van der Waals surface area contributed by atoms with Crippen molar-refractivity contribution in [3.8, 4) is 0 Å². The summed E-state index contributed by atoms with van der Waals surface area (Å²) < 4.78 is 5.44. The molecule has 2 N–H and O–H groups in total. The van der Waals surface area contributed by atoms with E-state index in [1.165, 1.54) is 31.3 Å². The highest BCUT2D eigenvalue weighted by Crippen LogP contribution is 2.29. The molecule has 1 atom stereocenters. The fourth-order valence-electron chi connectivity index (χ4n) is 3.86. The van der Waals surface area contributed by atoms with Crippen molar-refractivity contribution >= 4 is 11.8 Å². The summed E-state index contributed by atoms with van der Waals surface area (Å²) in [5, 5.41) is 6.11. The zero-order valence-electron chi connectivity index (χ0n) is 14.8. The number of furan rings is 1. The van der Waals surface area contributed by atoms with Crippen LogP contribution in [0.15, 0.2) is 34.5 Å². The van der Waals surface area contributed by atoms with Gasteiger partial charge in [-0.25, -0.2) is 0 Å². The molecule has 1 fully saturated rings. The molecule has 2 amide bonds. The van der Waals surface area contributed by atoms with Crippen molar-refractivity contribution in [3.05, 3.63) is 35.8 Å². The molecule has 3 rings (SSSR count). The second kappa shape index (κ2) is 8.37. The molecule has 1 aliphatic heterocycles. The Balaban J connectivity index is 1.45. The Bertz CT molecular complexity index is 621. The lowest BCUT2D eigenvalue weighted by Crippen LogP contribution is -2.44. The van der Waals surface area contributed by atoms with Crippen molar-refractivity contribution in [2.75, 3.05) is 6.54 Å². The van der Waals surface area contributed by atoms with E-state index in [2.05, 4.69) is 16.7 Å². The summed E-state index contributed by atoms with van der Waals surface area (Å²) >= 11 is 0. The molecule has 0 aromatic carbocycles. The van der Waals surface area contributed by atoms with E-state index in [1.54, 1.807) is 6.26 Å². The zero-order valence-corrected chi connectivity index (χ0v) is 14.8. The van der Waals surface area contributed by atoms with E-state index in [-0.39, 0.29) is 17.4 Å². The fraction of sp³-hybridized carbons (Fsp3) is 0.600. The van der Waals surface area contributed by atoms with E-state index in [4.69, 9.17) is 4.42 Å². The Hall–Kier alpha value is -2.04. The number of rotatable bonds is 8. The molecule has 136 valence electrons. The Kier molecular flexibility index (Phi) is 5.95. The van der Waals surface area contributed by atoms with Gasteiger partial charge >= 0.3 is 0 Å². The van der Waals surface area contributed by atoms with E-state index in [0.717, 1.165) is 18.6 Å². The van der Waals surface area contributed by atoms with Crippen LogP contribution in [-0.4, -0.2) is 23.9 Å². The summed E-state index contributed by atoms with van der Waals surface area (Å²) in [5.74, 6) is 0.986. The highest BCUT2D eigenvalue weighted by molar-refractivity contribution is 5.80. The van der Waals surface area contributed by atoms with Gasteiger partial charge in [-0.3, -0.25) is 9.59 Å². The van der Waals surface area contributed by atoms with Gasteiger partial charge in [0.2, 0.25) is 11.8 Å². The predicted molar refractivity (Wildman–Crippen MR) is 95.9 cm³/mol. The fourth-order valence-corrected chi connectivity index (χ4v) is 3.86. The molecule has 1 unspecified atom stereocenters. The van der Waals surface area contributed by atoms with Gasteiger partial charge in [0, 0.05) is 31.3 Å². The first-order chi connectivity index (χ1) is 12.2. The Labute approximate surface area is 149 Å². The van der Waals surface area contributed by atoms with Gasteiger partial charge in [-0.1, -0.05) is 11.6 Å². The average Bonchev–Trinajstić information content (AvgIpc) is 3.25. The maximum Gasteiger partial charge on any atom is 0.220 e. The zero-order chi connectivity index (χ0) is 17.5. The van der Waals surface area contributed by atoms with Gasteiger partial charge in [-0.15, -0.1) is 0 Å². The lowest BCUT2D eigenvalue weighted by molar-refractivity contribution is -0.122. The molecule has 0 bridgehead atoms. The molecule has 5 heteroatoms. The van der Waals surface area contributed by atoms with Crippen LogP contribution >= 0.6 is 0 Å². The van der Waals surface area contributed by atoms with Crippen LogP contribution in [0.5, 0.6) is 0 Å². The first-order valence-electron chi connectivity index (χ1n) is 9.43. The van der Waals surface area contributed by atoms with Crippen molar-refractivity contribution in [2.24, 2.45) is 0 Å². The van der Waals surface area contributed by atoms with E-state index < -0.39 is 0 Å². The maximum atomic E-state index is 12.2. The first kappa shape index (κ1) is 17.8. The maximum absolute atomic E-state index is 12.2. The number of carbonyl (C=O) groups is 2. The molecule has 25 heavy (non-hydrogen) atoms. The smallest absolute Gasteiger partial charge is 0.220 e. The van der Waals surface area contributed by atoms with E-state index in [9.17, 15) is 9.59 Å². The minimum absolute atomic E-state index is 0.0659. The van der Waals surface area contributed by atoms with Crippen LogP contribution in [0.25, 0.3) is 0 Å². The number of hydrogen-bond donors (Lipinski definition) is 2. The third kappa shape index (κ3) is 5.21. The largest absolute Gasteiger partial charge is 0.469 e. The minimum Gasteiger partial charge on any atom is -0.469 e. The SMILES string of the molecule is O=C(CCC1(Cc2ccco2)CCC(=O)N1)NCCC1=CCCCC1. The first-order valence-corrected chi connectivity index (χ1v) is 9.43. The van der Waals surface area contributed by atoms with E-state index in [1.807, 2.05) is 12.1 Å². The van der Waals surface area contributed by atoms with Crippen molar-refractivity contribution in [1.29, 1.82) is 0 Å². The number of hydrogen-bond acceptors (Lipinski definition) is 3. The summed E-state index contributed by atoms with van der Waals surface area (Å²) in [6.45, 7) is 0.711. The van der Waals surface area contributed by atoms with E-state index in [0.29, 0.717) is 32.2 Å². The highest BCUT2D eigenvalue weighted by atomic mass is 16.3. The van der Waals surface area contributed by atoms with Crippen LogP contribution in [0.4, 0.5) is 0 Å². The number of nitrogens with one attached hydrogen (secondary N) is 2. The molecule has 2 heterocycles. The van der Waals surface area contributed by atoms with Gasteiger partial charge in [-0.2, -0.15) is 0 Å². The van der Waals surface area contributed by atoms with Crippen LogP contribution < -0.4 is 10.6 Å². The number of allylic oxidation sites excluding steroid dienone is 1. The van der Waals surface area contributed by atoms with Gasteiger partial charge in [-0.05, 0) is 57.1 Å². The van der Waals surface area contributed by atoms with Crippen LogP contribution in [0, 0.1) is 0 Å². The van der Waals surface area contributed by atoms with Crippen LogP contribution in [0.1, 0.15) is 63.5 Å². The van der Waals surface area contributed by atoms with Crippen LogP contribution in [-0.2, 0) is 16.0 Å². The van der Waals surface area contributed by atoms with Gasteiger partial charge in [0.05, 0.1) is 6.26 Å². The Morgan fingerprint density at radius 1 is 1.32 bits per heavy atom. The number of carbonyl (C=O) groups excluding carboxylic acids is 2. The monoisotopic (exact) mass is 344 g/mol. The molecule has 0 spiro atoms. The quantitative estimate of drug-likeness (QED) is 0.711. The van der Waals surface area contributed by atoms with Crippen molar-refractivity contribution in [1.82, 2.24) is 10.6 Å². The molecular weight excluding hydrogens is 316 g/mol. The third-order valence-corrected chi connectivity index (χ3v) is 5.31. The molecule has 1 aliphatic carbocycles. The van der Waals surface area contributed by atoms with Crippen molar-refractivity contribution in [2.45, 2.75) is 69.7 Å². The van der Waals surface area contributed by atoms with E-state index >= 15 is 0 Å². The summed E-state index contributed by atoms with van der Waals surface area (Å²) in [6.07, 6.45) is 12.8. The number of amides is 2. The van der Waals surface area contributed by atoms with Gasteiger partial charge in [0.25, 0.3) is 0 Å². The highest BCUT2D eigenvalue weighted by Gasteiger charge is 2.38. The molecule has 0 saturated carbocycles. The molecule has 0 radical (unpaired) electrons. The molecular formula is C20H28N2O3. The molecule has 5 nitrogen and oxygen atoms in total. The predicted octanol–water partition coefficient (Wildman–Crippen LogP) is 3.26. The lowest BCUT2D eigenvalue weighted by Gasteiger charge is -2.28. The van der Waals surface area contributed by atoms with Crippen molar-refractivity contribution < 1.29 is 14.0 Å². The summed E-state index contributed by atoms with van der Waals surface area (Å²) in [5.41, 5.74) is 1.13. The van der Waals surface area contributed by atoms with Crippen molar-refractivity contribution in [3.63, 3.8) is 0 Å². The standard InChI is InChI=1S/C20H28N2O3/c23-18(21-13-10-16-5-2-1-3-6-16)8-11-20(12-9-19(24)22-20)15-17-7-4-14-25-17/h4-5,7,14H,1-3,6,8-13,15H2,(H,21,23)(H,22,24). The molecule has 2 aliphatic rings. The van der Waals surface area contributed by atoms with Gasteiger partial charge in [0.1, 0.15) is 5.76 Å². The van der Waals surface area contributed by atoms with Crippen LogP contribution in [0.3, 0.4) is 0 Å². The average molecular weight is 344 g/mol. The lowest BCUT2D eigenvalue weighted by atomic mass is 9.87. The topological polar surface area (TPSA) is 71.3 Å². The van der Waals surface area contributed by atoms with Crippen LogP contribution in [0.2, 0.25) is 0 Å². The summed E-state index contributed by atoms with van der Waals surface area (Å²) in [7, 11) is 0. The summed E-state index contributed by atoms with van der Waals surface area (Å²) in [4.78, 5) is 23.9. The summed E-state index contributed by atoms with van der Waals surface area (Å²) in [6, 6.07) is 3.77. The second-order valence-electron chi connectivity index (χ2n) is 7.29. The minimum atomic E-state index is -0.349. The van der Waals surface area contributed by atoms with Gasteiger partial charge < -0.3 is 15.1 Å². The Morgan fingerprint density at radius 2 is 2.24 bits per heavy atom. The Morgan fingerprint density at radius 3 is 2.92 bits per heavy atom. The second-order valence-corrected chi connectivity index (χ2v) is 7.29.